The predicted octanol–water partition coefficient (Wildman–Crippen LogP) is 2.56. The van der Waals surface area contributed by atoms with Crippen LogP contribution in [0.1, 0.15) is 31.3 Å². The van der Waals surface area contributed by atoms with Crippen LogP contribution in [0.2, 0.25) is 0 Å². The van der Waals surface area contributed by atoms with Crippen molar-refractivity contribution in [1.82, 2.24) is 15.0 Å². The van der Waals surface area contributed by atoms with Crippen LogP contribution in [0.25, 0.3) is 10.7 Å². The summed E-state index contributed by atoms with van der Waals surface area (Å²) in [6, 6.07) is 0. The first-order chi connectivity index (χ1) is 8.46. The van der Waals surface area contributed by atoms with E-state index in [1.54, 1.807) is 24.0 Å². The van der Waals surface area contributed by atoms with E-state index < -0.39 is 11.6 Å². The molecule has 0 radical (unpaired) electrons. The van der Waals surface area contributed by atoms with Gasteiger partial charge < -0.3 is 4.74 Å². The molecule has 0 spiro atoms. The number of esters is 1. The zero-order valence-corrected chi connectivity index (χ0v) is 11.2. The molecule has 0 amide bonds. The Bertz CT molecular complexity index is 546. The molecule has 5 nitrogen and oxygen atoms in total. The Labute approximate surface area is 109 Å². The van der Waals surface area contributed by atoms with Crippen LogP contribution < -0.4 is 0 Å². The third-order valence-electron chi connectivity index (χ3n) is 1.89. The van der Waals surface area contributed by atoms with Gasteiger partial charge in [0.1, 0.15) is 16.3 Å². The van der Waals surface area contributed by atoms with Crippen molar-refractivity contribution in [3.63, 3.8) is 0 Å². The van der Waals surface area contributed by atoms with Gasteiger partial charge >= 0.3 is 5.97 Å². The second-order valence-electron chi connectivity index (χ2n) is 4.63. The normalized spacial score (nSPS) is 11.3. The predicted molar refractivity (Wildman–Crippen MR) is 68.3 cm³/mol. The number of rotatable bonds is 2. The lowest BCUT2D eigenvalue weighted by atomic mass is 10.2. The summed E-state index contributed by atoms with van der Waals surface area (Å²) in [5, 5.41) is 2.32. The van der Waals surface area contributed by atoms with Crippen molar-refractivity contribution in [3.8, 4) is 10.7 Å². The Hall–Kier alpha value is -1.82. The first-order valence-electron chi connectivity index (χ1n) is 5.41. The molecule has 94 valence electrons. The summed E-state index contributed by atoms with van der Waals surface area (Å²) in [4.78, 5) is 24.1. The summed E-state index contributed by atoms with van der Waals surface area (Å²) < 4.78 is 5.24. The number of hydrogen-bond acceptors (Lipinski definition) is 6. The lowest BCUT2D eigenvalue weighted by molar-refractivity contribution is 0.00638. The molecule has 2 aromatic heterocycles. The van der Waals surface area contributed by atoms with Gasteiger partial charge in [0.05, 0.1) is 6.20 Å². The molecule has 0 saturated carbocycles. The Morgan fingerprint density at radius 3 is 2.72 bits per heavy atom. The molecule has 0 atom stereocenters. The number of ether oxygens (including phenoxy) is 1. The summed E-state index contributed by atoms with van der Waals surface area (Å²) in [7, 11) is 0. The van der Waals surface area contributed by atoms with Crippen molar-refractivity contribution in [2.24, 2.45) is 0 Å². The van der Waals surface area contributed by atoms with Crippen LogP contribution in [0.15, 0.2) is 24.0 Å². The summed E-state index contributed by atoms with van der Waals surface area (Å²) in [6.07, 6.45) is 4.79. The number of aromatic nitrogens is 3. The molecule has 0 saturated heterocycles. The van der Waals surface area contributed by atoms with Gasteiger partial charge in [0, 0.05) is 17.8 Å². The third-order valence-corrected chi connectivity index (χ3v) is 2.76. The van der Waals surface area contributed by atoms with Crippen molar-refractivity contribution >= 4 is 17.3 Å². The fourth-order valence-corrected chi connectivity index (χ4v) is 1.97. The SMILES string of the molecule is CC(C)(C)OC(=O)c1csc(-c2cnccn2)n1. The van der Waals surface area contributed by atoms with Crippen molar-refractivity contribution in [1.29, 1.82) is 0 Å². The molecular formula is C12H13N3O2S. The van der Waals surface area contributed by atoms with Crippen molar-refractivity contribution in [3.05, 3.63) is 29.7 Å². The molecule has 2 heterocycles. The molecule has 0 fully saturated rings. The summed E-state index contributed by atoms with van der Waals surface area (Å²) >= 11 is 1.34. The van der Waals surface area contributed by atoms with Crippen molar-refractivity contribution < 1.29 is 9.53 Å². The fraction of sp³-hybridized carbons (Fsp3) is 0.333. The van der Waals surface area contributed by atoms with Crippen LogP contribution in [0.4, 0.5) is 0 Å². The van der Waals surface area contributed by atoms with Gasteiger partial charge in [0.2, 0.25) is 0 Å². The molecular weight excluding hydrogens is 250 g/mol. The highest BCUT2D eigenvalue weighted by Crippen LogP contribution is 2.22. The lowest BCUT2D eigenvalue weighted by Gasteiger charge is -2.18. The van der Waals surface area contributed by atoms with Crippen molar-refractivity contribution in [2.75, 3.05) is 0 Å². The van der Waals surface area contributed by atoms with Gasteiger partial charge in [-0.15, -0.1) is 11.3 Å². The van der Waals surface area contributed by atoms with Crippen LogP contribution in [0, 0.1) is 0 Å². The third kappa shape index (κ3) is 3.10. The Balaban J connectivity index is 2.19. The first kappa shape index (κ1) is 12.6. The highest BCUT2D eigenvalue weighted by atomic mass is 32.1. The molecule has 6 heteroatoms. The molecule has 0 aromatic carbocycles. The van der Waals surface area contributed by atoms with Crippen LogP contribution >= 0.6 is 11.3 Å². The van der Waals surface area contributed by atoms with E-state index >= 15 is 0 Å². The van der Waals surface area contributed by atoms with Gasteiger partial charge in [-0.1, -0.05) is 0 Å². The number of carbonyl (C=O) groups is 1. The van der Waals surface area contributed by atoms with Gasteiger partial charge in [0.15, 0.2) is 5.69 Å². The maximum atomic E-state index is 11.8. The van der Waals surface area contributed by atoms with Crippen molar-refractivity contribution in [2.45, 2.75) is 26.4 Å². The van der Waals surface area contributed by atoms with Gasteiger partial charge in [-0.25, -0.2) is 9.78 Å². The second kappa shape index (κ2) is 4.81. The average Bonchev–Trinajstić information content (AvgIpc) is 2.77. The van der Waals surface area contributed by atoms with E-state index in [1.165, 1.54) is 11.3 Å². The second-order valence-corrected chi connectivity index (χ2v) is 5.49. The Kier molecular flexibility index (Phi) is 3.38. The zero-order chi connectivity index (χ0) is 13.2. The highest BCUT2D eigenvalue weighted by molar-refractivity contribution is 7.13. The Morgan fingerprint density at radius 2 is 2.11 bits per heavy atom. The van der Waals surface area contributed by atoms with E-state index in [1.807, 2.05) is 20.8 Å². The number of hydrogen-bond donors (Lipinski definition) is 0. The van der Waals surface area contributed by atoms with E-state index in [0.717, 1.165) is 0 Å². The molecule has 2 aromatic rings. The van der Waals surface area contributed by atoms with E-state index in [0.29, 0.717) is 16.4 Å². The van der Waals surface area contributed by atoms with Gasteiger partial charge in [0.25, 0.3) is 0 Å². The zero-order valence-electron chi connectivity index (χ0n) is 10.4. The molecule has 0 aliphatic heterocycles. The molecule has 0 aliphatic carbocycles. The highest BCUT2D eigenvalue weighted by Gasteiger charge is 2.20. The summed E-state index contributed by atoms with van der Waals surface area (Å²) in [5.74, 6) is -0.422. The van der Waals surface area contributed by atoms with Gasteiger partial charge in [-0.2, -0.15) is 0 Å². The lowest BCUT2D eigenvalue weighted by Crippen LogP contribution is -2.24. The molecule has 0 aliphatic rings. The minimum atomic E-state index is -0.520. The van der Waals surface area contributed by atoms with E-state index in [9.17, 15) is 4.79 Å². The first-order valence-corrected chi connectivity index (χ1v) is 6.29. The maximum absolute atomic E-state index is 11.8. The summed E-state index contributed by atoms with van der Waals surface area (Å²) in [6.45, 7) is 5.46. The van der Waals surface area contributed by atoms with Crippen LogP contribution in [0.5, 0.6) is 0 Å². The minimum Gasteiger partial charge on any atom is -0.455 e. The largest absolute Gasteiger partial charge is 0.455 e. The van der Waals surface area contributed by atoms with Crippen LogP contribution in [0.3, 0.4) is 0 Å². The average molecular weight is 263 g/mol. The maximum Gasteiger partial charge on any atom is 0.358 e. The molecule has 0 bridgehead atoms. The van der Waals surface area contributed by atoms with E-state index in [-0.39, 0.29) is 0 Å². The topological polar surface area (TPSA) is 65.0 Å². The van der Waals surface area contributed by atoms with E-state index in [4.69, 9.17) is 4.74 Å². The van der Waals surface area contributed by atoms with Crippen LogP contribution in [-0.2, 0) is 4.74 Å². The van der Waals surface area contributed by atoms with Gasteiger partial charge in [-0.05, 0) is 20.8 Å². The minimum absolute atomic E-state index is 0.301. The van der Waals surface area contributed by atoms with Crippen LogP contribution in [-0.4, -0.2) is 26.5 Å². The number of carbonyl (C=O) groups excluding carboxylic acids is 1. The standard InChI is InChI=1S/C12H13N3O2S/c1-12(2,3)17-11(16)9-7-18-10(15-9)8-6-13-4-5-14-8/h4-7H,1-3H3. The number of thiazole rings is 1. The fourth-order valence-electron chi connectivity index (χ4n) is 1.23. The summed E-state index contributed by atoms with van der Waals surface area (Å²) in [5.41, 5.74) is 0.431. The molecule has 0 N–H and O–H groups in total. The quantitative estimate of drug-likeness (QED) is 0.779. The molecule has 0 unspecified atom stereocenters. The van der Waals surface area contributed by atoms with E-state index in [2.05, 4.69) is 15.0 Å². The molecule has 18 heavy (non-hydrogen) atoms. The molecule has 2 rings (SSSR count). The monoisotopic (exact) mass is 263 g/mol. The van der Waals surface area contributed by atoms with Gasteiger partial charge in [-0.3, -0.25) is 9.97 Å². The smallest absolute Gasteiger partial charge is 0.358 e. The Morgan fingerprint density at radius 1 is 1.33 bits per heavy atom. The number of nitrogens with zero attached hydrogens (tertiary/aromatic N) is 3.